The molecule has 0 aliphatic carbocycles. The Kier molecular flexibility index (Phi) is 5.84. The molecule has 0 aliphatic rings. The van der Waals surface area contributed by atoms with Gasteiger partial charge < -0.3 is 15.4 Å². The second-order valence-corrected chi connectivity index (χ2v) is 4.99. The van der Waals surface area contributed by atoms with Crippen LogP contribution in [0.1, 0.15) is 5.56 Å². The fourth-order valence-corrected chi connectivity index (χ4v) is 1.95. The largest absolute Gasteiger partial charge is 0.482 e. The molecule has 130 valence electrons. The van der Waals surface area contributed by atoms with Crippen molar-refractivity contribution in [2.24, 2.45) is 0 Å². The van der Waals surface area contributed by atoms with Crippen molar-refractivity contribution < 1.29 is 22.7 Å². The van der Waals surface area contributed by atoms with Crippen LogP contribution in [0, 0.1) is 11.3 Å². The number of hydrogen-bond donors (Lipinski definition) is 2. The van der Waals surface area contributed by atoms with E-state index in [1.165, 1.54) is 24.3 Å². The standard InChI is InChI=1S/C17H14F3N3O2/c18-17(19,20)11-25-15-7-2-1-6-14(15)22-10-16(24)23-13-5-3-4-12(8-13)9-21/h1-8,22H,10-11H2,(H,23,24). The van der Waals surface area contributed by atoms with Crippen molar-refractivity contribution in [3.05, 3.63) is 54.1 Å². The Hall–Kier alpha value is -3.21. The monoisotopic (exact) mass is 349 g/mol. The molecule has 0 saturated heterocycles. The number of para-hydroxylation sites is 2. The third kappa shape index (κ3) is 6.06. The van der Waals surface area contributed by atoms with Gasteiger partial charge in [0.2, 0.25) is 5.91 Å². The van der Waals surface area contributed by atoms with Crippen molar-refractivity contribution in [1.29, 1.82) is 5.26 Å². The van der Waals surface area contributed by atoms with Gasteiger partial charge in [0.15, 0.2) is 6.61 Å². The molecule has 2 aromatic carbocycles. The lowest BCUT2D eigenvalue weighted by atomic mass is 10.2. The van der Waals surface area contributed by atoms with Gasteiger partial charge in [0.1, 0.15) is 5.75 Å². The topological polar surface area (TPSA) is 74.2 Å². The Morgan fingerprint density at radius 3 is 2.64 bits per heavy atom. The summed E-state index contributed by atoms with van der Waals surface area (Å²) in [5.74, 6) is -0.417. The molecule has 2 aromatic rings. The number of alkyl halides is 3. The normalized spacial score (nSPS) is 10.6. The lowest BCUT2D eigenvalue weighted by Crippen LogP contribution is -2.23. The van der Waals surface area contributed by atoms with Gasteiger partial charge in [-0.25, -0.2) is 0 Å². The third-order valence-electron chi connectivity index (χ3n) is 2.99. The zero-order chi connectivity index (χ0) is 18.3. The van der Waals surface area contributed by atoms with Gasteiger partial charge in [0, 0.05) is 5.69 Å². The molecule has 0 heterocycles. The number of hydrogen-bond acceptors (Lipinski definition) is 4. The van der Waals surface area contributed by atoms with E-state index >= 15 is 0 Å². The highest BCUT2D eigenvalue weighted by Crippen LogP contribution is 2.26. The predicted octanol–water partition coefficient (Wildman–Crippen LogP) is 3.55. The Bertz CT molecular complexity index is 785. The maximum Gasteiger partial charge on any atom is 0.422 e. The Morgan fingerprint density at radius 2 is 1.92 bits per heavy atom. The molecule has 0 spiro atoms. The zero-order valence-electron chi connectivity index (χ0n) is 12.9. The molecule has 5 nitrogen and oxygen atoms in total. The van der Waals surface area contributed by atoms with Crippen molar-refractivity contribution in [3.63, 3.8) is 0 Å². The Balaban J connectivity index is 1.94. The molecule has 0 radical (unpaired) electrons. The number of amides is 1. The number of ether oxygens (including phenoxy) is 1. The fraction of sp³-hybridized carbons (Fsp3) is 0.176. The van der Waals surface area contributed by atoms with Crippen LogP contribution < -0.4 is 15.4 Å². The van der Waals surface area contributed by atoms with Gasteiger partial charge in [-0.15, -0.1) is 0 Å². The molecule has 0 bridgehead atoms. The molecule has 1 amide bonds. The summed E-state index contributed by atoms with van der Waals surface area (Å²) in [6.07, 6.45) is -4.45. The first-order valence-electron chi connectivity index (χ1n) is 7.20. The average molecular weight is 349 g/mol. The maximum atomic E-state index is 12.3. The lowest BCUT2D eigenvalue weighted by Gasteiger charge is -2.14. The van der Waals surface area contributed by atoms with Crippen LogP contribution in [0.4, 0.5) is 24.5 Å². The molecule has 2 N–H and O–H groups in total. The summed E-state index contributed by atoms with van der Waals surface area (Å²) in [5, 5.41) is 14.1. The van der Waals surface area contributed by atoms with E-state index in [2.05, 4.69) is 10.6 Å². The second kappa shape index (κ2) is 8.06. The number of anilines is 2. The van der Waals surface area contributed by atoms with Crippen LogP contribution in [-0.2, 0) is 4.79 Å². The SMILES string of the molecule is N#Cc1cccc(NC(=O)CNc2ccccc2OCC(F)(F)F)c1. The summed E-state index contributed by atoms with van der Waals surface area (Å²) < 4.78 is 41.5. The van der Waals surface area contributed by atoms with Crippen molar-refractivity contribution in [3.8, 4) is 11.8 Å². The quantitative estimate of drug-likeness (QED) is 0.836. The first-order chi connectivity index (χ1) is 11.9. The van der Waals surface area contributed by atoms with Crippen LogP contribution in [0.5, 0.6) is 5.75 Å². The van der Waals surface area contributed by atoms with Crippen LogP contribution in [0.3, 0.4) is 0 Å². The van der Waals surface area contributed by atoms with Gasteiger partial charge in [-0.3, -0.25) is 4.79 Å². The minimum Gasteiger partial charge on any atom is -0.482 e. The maximum absolute atomic E-state index is 12.3. The molecule has 0 saturated carbocycles. The summed E-state index contributed by atoms with van der Waals surface area (Å²) in [4.78, 5) is 11.9. The minimum atomic E-state index is -4.45. The third-order valence-corrected chi connectivity index (χ3v) is 2.99. The Labute approximate surface area is 142 Å². The molecule has 8 heteroatoms. The van der Waals surface area contributed by atoms with E-state index < -0.39 is 18.7 Å². The van der Waals surface area contributed by atoms with Crippen molar-refractivity contribution in [1.82, 2.24) is 0 Å². The number of nitrogens with zero attached hydrogens (tertiary/aromatic N) is 1. The molecule has 0 unspecified atom stereocenters. The highest BCUT2D eigenvalue weighted by Gasteiger charge is 2.28. The number of nitrogens with one attached hydrogen (secondary N) is 2. The molecular weight excluding hydrogens is 335 g/mol. The van der Waals surface area contributed by atoms with Crippen LogP contribution in [-0.4, -0.2) is 25.2 Å². The number of halogens is 3. The van der Waals surface area contributed by atoms with E-state index in [0.717, 1.165) is 0 Å². The summed E-state index contributed by atoms with van der Waals surface area (Å²) in [6, 6.07) is 14.3. The number of rotatable bonds is 6. The highest BCUT2D eigenvalue weighted by molar-refractivity contribution is 5.94. The molecule has 0 atom stereocenters. The minimum absolute atomic E-state index is 0.000831. The highest BCUT2D eigenvalue weighted by atomic mass is 19.4. The molecule has 0 aromatic heterocycles. The van der Waals surface area contributed by atoms with Crippen molar-refractivity contribution in [2.75, 3.05) is 23.8 Å². The van der Waals surface area contributed by atoms with E-state index in [-0.39, 0.29) is 18.0 Å². The number of benzene rings is 2. The number of carbonyl (C=O) groups excluding carboxylic acids is 1. The van der Waals surface area contributed by atoms with Crippen LogP contribution >= 0.6 is 0 Å². The van der Waals surface area contributed by atoms with E-state index in [4.69, 9.17) is 10.00 Å². The summed E-state index contributed by atoms with van der Waals surface area (Å²) in [5.41, 5.74) is 1.12. The molecule has 25 heavy (non-hydrogen) atoms. The van der Waals surface area contributed by atoms with Crippen molar-refractivity contribution >= 4 is 17.3 Å². The van der Waals surface area contributed by atoms with E-state index in [0.29, 0.717) is 11.3 Å². The molecule has 0 aliphatic heterocycles. The van der Waals surface area contributed by atoms with Gasteiger partial charge in [-0.2, -0.15) is 18.4 Å². The predicted molar refractivity (Wildman–Crippen MR) is 86.3 cm³/mol. The summed E-state index contributed by atoms with van der Waals surface area (Å²) in [6.45, 7) is -1.60. The first-order valence-corrected chi connectivity index (χ1v) is 7.20. The smallest absolute Gasteiger partial charge is 0.422 e. The van der Waals surface area contributed by atoms with Crippen LogP contribution in [0.25, 0.3) is 0 Å². The van der Waals surface area contributed by atoms with Gasteiger partial charge in [0.25, 0.3) is 0 Å². The van der Waals surface area contributed by atoms with Crippen LogP contribution in [0.2, 0.25) is 0 Å². The first kappa shape index (κ1) is 18.1. The van der Waals surface area contributed by atoms with Gasteiger partial charge in [-0.1, -0.05) is 18.2 Å². The molecular formula is C17H14F3N3O2. The Morgan fingerprint density at radius 1 is 1.16 bits per heavy atom. The van der Waals surface area contributed by atoms with Gasteiger partial charge in [0.05, 0.1) is 23.9 Å². The summed E-state index contributed by atoms with van der Waals surface area (Å²) in [7, 11) is 0. The van der Waals surface area contributed by atoms with E-state index in [1.54, 1.807) is 24.3 Å². The van der Waals surface area contributed by atoms with Gasteiger partial charge in [-0.05, 0) is 30.3 Å². The summed E-state index contributed by atoms with van der Waals surface area (Å²) >= 11 is 0. The zero-order valence-corrected chi connectivity index (χ0v) is 12.9. The van der Waals surface area contributed by atoms with Crippen molar-refractivity contribution in [2.45, 2.75) is 6.18 Å². The van der Waals surface area contributed by atoms with Gasteiger partial charge >= 0.3 is 6.18 Å². The fourth-order valence-electron chi connectivity index (χ4n) is 1.95. The number of nitriles is 1. The number of carbonyl (C=O) groups is 1. The van der Waals surface area contributed by atoms with E-state index in [9.17, 15) is 18.0 Å². The average Bonchev–Trinajstić information content (AvgIpc) is 2.58. The van der Waals surface area contributed by atoms with E-state index in [1.807, 2.05) is 6.07 Å². The molecule has 0 fully saturated rings. The lowest BCUT2D eigenvalue weighted by molar-refractivity contribution is -0.153. The van der Waals surface area contributed by atoms with Crippen LogP contribution in [0.15, 0.2) is 48.5 Å². The second-order valence-electron chi connectivity index (χ2n) is 4.99. The molecule has 2 rings (SSSR count).